The van der Waals surface area contributed by atoms with Crippen molar-refractivity contribution < 1.29 is 18.0 Å². The molecule has 8 heteroatoms. The molecule has 29 heavy (non-hydrogen) atoms. The van der Waals surface area contributed by atoms with Crippen LogP contribution in [-0.2, 0) is 6.18 Å². The quantitative estimate of drug-likeness (QED) is 0.706. The molecule has 0 spiro atoms. The number of anilines is 1. The van der Waals surface area contributed by atoms with E-state index < -0.39 is 28.8 Å². The fourth-order valence-corrected chi connectivity index (χ4v) is 2.90. The van der Waals surface area contributed by atoms with Gasteiger partial charge in [-0.25, -0.2) is 4.68 Å². The molecular formula is C21H18F3N3O2. The molecule has 0 aliphatic carbocycles. The Morgan fingerprint density at radius 3 is 2.41 bits per heavy atom. The molecule has 2 aromatic carbocycles. The molecule has 0 saturated heterocycles. The molecule has 5 nitrogen and oxygen atoms in total. The molecule has 0 aliphatic heterocycles. The van der Waals surface area contributed by atoms with Crippen molar-refractivity contribution in [3.05, 3.63) is 86.8 Å². The van der Waals surface area contributed by atoms with Crippen LogP contribution in [0.1, 0.15) is 32.9 Å². The predicted octanol–water partition coefficient (Wildman–Crippen LogP) is 4.43. The predicted molar refractivity (Wildman–Crippen MR) is 103 cm³/mol. The van der Waals surface area contributed by atoms with Crippen molar-refractivity contribution >= 4 is 11.6 Å². The first-order valence-corrected chi connectivity index (χ1v) is 8.74. The maximum atomic E-state index is 13.4. The number of nitrogens with one attached hydrogen (secondary N) is 1. The van der Waals surface area contributed by atoms with Crippen LogP contribution in [0.2, 0.25) is 0 Å². The van der Waals surface area contributed by atoms with E-state index in [4.69, 9.17) is 0 Å². The van der Waals surface area contributed by atoms with E-state index >= 15 is 0 Å². The third-order valence-corrected chi connectivity index (χ3v) is 4.40. The van der Waals surface area contributed by atoms with E-state index in [2.05, 4.69) is 10.4 Å². The summed E-state index contributed by atoms with van der Waals surface area (Å²) < 4.78 is 41.1. The van der Waals surface area contributed by atoms with Crippen molar-refractivity contribution in [3.8, 4) is 5.69 Å². The first kappa shape index (κ1) is 20.3. The number of carbonyl (C=O) groups excluding carboxylic acids is 1. The van der Waals surface area contributed by atoms with Gasteiger partial charge in [-0.2, -0.15) is 18.3 Å². The van der Waals surface area contributed by atoms with Gasteiger partial charge in [0.05, 0.1) is 11.3 Å². The first-order valence-electron chi connectivity index (χ1n) is 8.74. The van der Waals surface area contributed by atoms with Crippen LogP contribution >= 0.6 is 0 Å². The lowest BCUT2D eigenvalue weighted by Gasteiger charge is -2.17. The fraction of sp³-hybridized carbons (Fsp3) is 0.190. The number of benzene rings is 2. The van der Waals surface area contributed by atoms with Gasteiger partial charge in [0.1, 0.15) is 0 Å². The van der Waals surface area contributed by atoms with Crippen LogP contribution in [0.15, 0.2) is 53.3 Å². The van der Waals surface area contributed by atoms with Crippen LogP contribution < -0.4 is 10.7 Å². The summed E-state index contributed by atoms with van der Waals surface area (Å²) in [7, 11) is 0. The van der Waals surface area contributed by atoms with Gasteiger partial charge < -0.3 is 5.32 Å². The van der Waals surface area contributed by atoms with Crippen molar-refractivity contribution in [2.24, 2.45) is 0 Å². The summed E-state index contributed by atoms with van der Waals surface area (Å²) in [5.41, 5.74) is 0.00467. The number of rotatable bonds is 3. The van der Waals surface area contributed by atoms with Crippen LogP contribution in [0.5, 0.6) is 0 Å². The molecule has 3 rings (SSSR count). The number of halogens is 3. The van der Waals surface area contributed by atoms with Crippen molar-refractivity contribution in [2.75, 3.05) is 5.32 Å². The molecule has 0 fully saturated rings. The lowest BCUT2D eigenvalue weighted by Crippen LogP contribution is -2.27. The molecule has 1 amide bonds. The Kier molecular flexibility index (Phi) is 5.28. The first-order chi connectivity index (χ1) is 13.6. The molecule has 0 radical (unpaired) electrons. The molecule has 0 unspecified atom stereocenters. The molecule has 3 aromatic rings. The summed E-state index contributed by atoms with van der Waals surface area (Å²) in [5, 5.41) is 6.57. The lowest BCUT2D eigenvalue weighted by molar-refractivity contribution is -0.137. The van der Waals surface area contributed by atoms with E-state index in [1.54, 1.807) is 13.0 Å². The second-order valence-corrected chi connectivity index (χ2v) is 6.70. The van der Waals surface area contributed by atoms with E-state index in [-0.39, 0.29) is 11.4 Å². The molecule has 0 aliphatic rings. The minimum absolute atomic E-state index is 0.176. The van der Waals surface area contributed by atoms with Crippen LogP contribution in [0, 0.1) is 20.8 Å². The monoisotopic (exact) mass is 401 g/mol. The molecule has 1 N–H and O–H groups in total. The highest BCUT2D eigenvalue weighted by molar-refractivity contribution is 6.03. The van der Waals surface area contributed by atoms with E-state index in [0.717, 1.165) is 27.9 Å². The average molecular weight is 401 g/mol. The maximum Gasteiger partial charge on any atom is 0.418 e. The number of amides is 1. The zero-order valence-corrected chi connectivity index (χ0v) is 16.0. The Hall–Kier alpha value is -3.42. The van der Waals surface area contributed by atoms with Gasteiger partial charge in [-0.15, -0.1) is 0 Å². The van der Waals surface area contributed by atoms with Crippen LogP contribution in [0.25, 0.3) is 5.69 Å². The molecule has 1 aromatic heterocycles. The normalized spacial score (nSPS) is 11.4. The standard InChI is InChI=1S/C21H18F3N3O2/c1-12-8-9-13(2)16(10-12)25-20(29)19-18(28)11-14(3)27(26-19)17-7-5-4-6-15(17)21(22,23)24/h4-11H,1-3H3,(H,25,29). The molecule has 0 atom stereocenters. The third kappa shape index (κ3) is 4.21. The number of aryl methyl sites for hydroxylation is 3. The minimum atomic E-state index is -4.62. The number of para-hydroxylation sites is 1. The van der Waals surface area contributed by atoms with Gasteiger partial charge >= 0.3 is 6.18 Å². The SMILES string of the molecule is Cc1ccc(C)c(NC(=O)c2nn(-c3ccccc3C(F)(F)F)c(C)cc2=O)c1. The number of hydrogen-bond acceptors (Lipinski definition) is 3. The summed E-state index contributed by atoms with van der Waals surface area (Å²) in [6.45, 7) is 5.09. The second kappa shape index (κ2) is 7.54. The van der Waals surface area contributed by atoms with E-state index in [0.29, 0.717) is 5.69 Å². The second-order valence-electron chi connectivity index (χ2n) is 6.70. The maximum absolute atomic E-state index is 13.4. The highest BCUT2D eigenvalue weighted by atomic mass is 19.4. The largest absolute Gasteiger partial charge is 0.418 e. The van der Waals surface area contributed by atoms with Crippen molar-refractivity contribution in [1.29, 1.82) is 0 Å². The fourth-order valence-electron chi connectivity index (χ4n) is 2.90. The highest BCUT2D eigenvalue weighted by Crippen LogP contribution is 2.33. The number of aromatic nitrogens is 2. The number of nitrogens with zero attached hydrogens (tertiary/aromatic N) is 2. The number of hydrogen-bond donors (Lipinski definition) is 1. The van der Waals surface area contributed by atoms with Gasteiger partial charge in [-0.1, -0.05) is 24.3 Å². The zero-order chi connectivity index (χ0) is 21.3. The summed E-state index contributed by atoms with van der Waals surface area (Å²) in [4.78, 5) is 25.0. The zero-order valence-electron chi connectivity index (χ0n) is 16.0. The topological polar surface area (TPSA) is 64.0 Å². The van der Waals surface area contributed by atoms with E-state index in [1.165, 1.54) is 25.1 Å². The number of alkyl halides is 3. The Morgan fingerprint density at radius 2 is 1.72 bits per heavy atom. The van der Waals surface area contributed by atoms with Gasteiger partial charge in [0, 0.05) is 17.4 Å². The smallest absolute Gasteiger partial charge is 0.320 e. The molecule has 1 heterocycles. The van der Waals surface area contributed by atoms with Gasteiger partial charge in [0.15, 0.2) is 5.69 Å². The Balaban J connectivity index is 2.09. The summed E-state index contributed by atoms with van der Waals surface area (Å²) in [6, 6.07) is 11.4. The van der Waals surface area contributed by atoms with E-state index in [1.807, 2.05) is 19.1 Å². The highest BCUT2D eigenvalue weighted by Gasteiger charge is 2.34. The minimum Gasteiger partial charge on any atom is -0.320 e. The molecule has 150 valence electrons. The molecule has 0 saturated carbocycles. The van der Waals surface area contributed by atoms with Crippen LogP contribution in [-0.4, -0.2) is 15.7 Å². The summed E-state index contributed by atoms with van der Waals surface area (Å²) in [6.07, 6.45) is -4.62. The average Bonchev–Trinajstić information content (AvgIpc) is 2.64. The van der Waals surface area contributed by atoms with Gasteiger partial charge in [-0.05, 0) is 50.1 Å². The summed E-state index contributed by atoms with van der Waals surface area (Å²) >= 11 is 0. The molecular weight excluding hydrogens is 383 g/mol. The Morgan fingerprint density at radius 1 is 1.03 bits per heavy atom. The van der Waals surface area contributed by atoms with Gasteiger partial charge in [0.25, 0.3) is 5.91 Å². The van der Waals surface area contributed by atoms with Gasteiger partial charge in [0.2, 0.25) is 5.43 Å². The van der Waals surface area contributed by atoms with E-state index in [9.17, 15) is 22.8 Å². The Bertz CT molecular complexity index is 1150. The number of carbonyl (C=O) groups is 1. The van der Waals surface area contributed by atoms with Crippen molar-refractivity contribution in [1.82, 2.24) is 9.78 Å². The molecule has 0 bridgehead atoms. The van der Waals surface area contributed by atoms with Gasteiger partial charge in [-0.3, -0.25) is 9.59 Å². The van der Waals surface area contributed by atoms with Crippen LogP contribution in [0.4, 0.5) is 18.9 Å². The third-order valence-electron chi connectivity index (χ3n) is 4.40. The summed E-state index contributed by atoms with van der Waals surface area (Å²) in [5.74, 6) is -0.790. The van der Waals surface area contributed by atoms with Crippen molar-refractivity contribution in [3.63, 3.8) is 0 Å². The van der Waals surface area contributed by atoms with Crippen molar-refractivity contribution in [2.45, 2.75) is 26.9 Å². The van der Waals surface area contributed by atoms with Crippen LogP contribution in [0.3, 0.4) is 0 Å². The Labute approximate surface area is 164 Å². The lowest BCUT2D eigenvalue weighted by atomic mass is 10.1.